The van der Waals surface area contributed by atoms with Crippen molar-refractivity contribution < 1.29 is 13.2 Å². The number of carbonyl (C=O) groups is 1. The second kappa shape index (κ2) is 8.22. The maximum Gasteiger partial charge on any atom is 0.272 e. The zero-order valence-corrected chi connectivity index (χ0v) is 17.7. The Bertz CT molecular complexity index is 1170. The summed E-state index contributed by atoms with van der Waals surface area (Å²) in [5.74, 6) is -0.225. The molecule has 3 aromatic rings. The Morgan fingerprint density at radius 3 is 2.30 bits per heavy atom. The molecule has 7 nitrogen and oxygen atoms in total. The Kier molecular flexibility index (Phi) is 5.64. The van der Waals surface area contributed by atoms with Gasteiger partial charge in [0.15, 0.2) is 5.69 Å². The summed E-state index contributed by atoms with van der Waals surface area (Å²) in [4.78, 5) is 12.8. The van der Waals surface area contributed by atoms with Crippen LogP contribution in [0.5, 0.6) is 0 Å². The number of amides is 1. The second-order valence-electron chi connectivity index (χ2n) is 7.33. The number of nitrogens with zero attached hydrogens (tertiary/aromatic N) is 2. The van der Waals surface area contributed by atoms with Crippen LogP contribution >= 0.6 is 11.6 Å². The summed E-state index contributed by atoms with van der Waals surface area (Å²) >= 11 is 6.01. The van der Waals surface area contributed by atoms with E-state index in [1.165, 1.54) is 12.1 Å². The van der Waals surface area contributed by atoms with E-state index in [9.17, 15) is 13.2 Å². The molecule has 1 saturated carbocycles. The smallest absolute Gasteiger partial charge is 0.272 e. The number of aromatic nitrogens is 2. The molecule has 0 atom stereocenters. The molecular formula is C21H21ClN4O3S. The van der Waals surface area contributed by atoms with Crippen molar-refractivity contribution in [3.63, 3.8) is 0 Å². The van der Waals surface area contributed by atoms with Crippen molar-refractivity contribution in [1.82, 2.24) is 15.1 Å². The lowest BCUT2D eigenvalue weighted by molar-refractivity contribution is 0.0932. The van der Waals surface area contributed by atoms with E-state index in [0.717, 1.165) is 31.2 Å². The Hall–Kier alpha value is -2.68. The van der Waals surface area contributed by atoms with Crippen molar-refractivity contribution in [2.45, 2.75) is 36.6 Å². The van der Waals surface area contributed by atoms with Gasteiger partial charge in [-0.25, -0.2) is 18.2 Å². The van der Waals surface area contributed by atoms with Crippen LogP contribution in [0.4, 0.5) is 0 Å². The number of primary sulfonamides is 1. The van der Waals surface area contributed by atoms with Gasteiger partial charge in [-0.2, -0.15) is 5.10 Å². The van der Waals surface area contributed by atoms with E-state index in [-0.39, 0.29) is 16.8 Å². The van der Waals surface area contributed by atoms with Crippen LogP contribution in [-0.4, -0.2) is 30.1 Å². The average molecular weight is 445 g/mol. The van der Waals surface area contributed by atoms with Crippen molar-refractivity contribution >= 4 is 27.5 Å². The number of carbonyl (C=O) groups excluding carboxylic acids is 1. The molecule has 1 amide bonds. The number of rotatable bonds is 5. The van der Waals surface area contributed by atoms with Crippen LogP contribution in [0, 0.1) is 0 Å². The third-order valence-electron chi connectivity index (χ3n) is 5.18. The minimum atomic E-state index is -3.80. The number of nitrogens with one attached hydrogen (secondary N) is 1. The third kappa shape index (κ3) is 4.40. The Balaban J connectivity index is 1.74. The molecule has 1 aliphatic rings. The fourth-order valence-electron chi connectivity index (χ4n) is 3.62. The molecule has 1 aliphatic carbocycles. The standard InChI is InChI=1S/C21H21ClN4O3S/c22-15-7-5-14(6-8-15)20-13-19(21(27)24-16-3-1-2-4-16)25-26(20)17-9-11-18(12-10-17)30(23,28)29/h5-13,16H,1-4H2,(H,24,27)(H2,23,28,29). The molecule has 1 fully saturated rings. The van der Waals surface area contributed by atoms with Crippen LogP contribution in [0.3, 0.4) is 0 Å². The van der Waals surface area contributed by atoms with Crippen LogP contribution in [0.1, 0.15) is 36.2 Å². The maximum atomic E-state index is 12.8. The van der Waals surface area contributed by atoms with Crippen LogP contribution in [0.2, 0.25) is 5.02 Å². The molecule has 2 aromatic carbocycles. The van der Waals surface area contributed by atoms with Gasteiger partial charge in [0.25, 0.3) is 5.91 Å². The van der Waals surface area contributed by atoms with Gasteiger partial charge >= 0.3 is 0 Å². The van der Waals surface area contributed by atoms with Crippen molar-refractivity contribution in [3.05, 3.63) is 65.3 Å². The Morgan fingerprint density at radius 2 is 1.70 bits per heavy atom. The van der Waals surface area contributed by atoms with Gasteiger partial charge in [-0.1, -0.05) is 36.6 Å². The van der Waals surface area contributed by atoms with Gasteiger partial charge in [-0.15, -0.1) is 0 Å². The zero-order chi connectivity index (χ0) is 21.3. The topological polar surface area (TPSA) is 107 Å². The highest BCUT2D eigenvalue weighted by Crippen LogP contribution is 2.26. The predicted octanol–water partition coefficient (Wildman–Crippen LogP) is 3.51. The molecule has 0 saturated heterocycles. The molecule has 30 heavy (non-hydrogen) atoms. The van der Waals surface area contributed by atoms with E-state index in [2.05, 4.69) is 10.4 Å². The van der Waals surface area contributed by atoms with Crippen molar-refractivity contribution in [2.24, 2.45) is 5.14 Å². The number of nitrogens with two attached hydrogens (primary N) is 1. The molecule has 1 heterocycles. The molecule has 3 N–H and O–H groups in total. The van der Waals surface area contributed by atoms with Gasteiger partial charge in [-0.3, -0.25) is 4.79 Å². The molecule has 0 aliphatic heterocycles. The number of sulfonamides is 1. The van der Waals surface area contributed by atoms with Gasteiger partial charge in [0.2, 0.25) is 10.0 Å². The summed E-state index contributed by atoms with van der Waals surface area (Å²) in [6, 6.07) is 15.1. The number of hydrogen-bond donors (Lipinski definition) is 2. The summed E-state index contributed by atoms with van der Waals surface area (Å²) in [6.45, 7) is 0. The quantitative estimate of drug-likeness (QED) is 0.627. The van der Waals surface area contributed by atoms with Gasteiger partial charge < -0.3 is 5.32 Å². The lowest BCUT2D eigenvalue weighted by Crippen LogP contribution is -2.32. The Morgan fingerprint density at radius 1 is 1.07 bits per heavy atom. The fourth-order valence-corrected chi connectivity index (χ4v) is 4.26. The van der Waals surface area contributed by atoms with Crippen LogP contribution in [0.25, 0.3) is 16.9 Å². The highest BCUT2D eigenvalue weighted by atomic mass is 35.5. The maximum absolute atomic E-state index is 12.8. The number of hydrogen-bond acceptors (Lipinski definition) is 4. The van der Waals surface area contributed by atoms with E-state index in [0.29, 0.717) is 22.1 Å². The molecule has 0 radical (unpaired) electrons. The summed E-state index contributed by atoms with van der Waals surface area (Å²) in [7, 11) is -3.80. The highest BCUT2D eigenvalue weighted by molar-refractivity contribution is 7.89. The minimum absolute atomic E-state index is 0.00523. The molecule has 0 bridgehead atoms. The lowest BCUT2D eigenvalue weighted by atomic mass is 10.1. The summed E-state index contributed by atoms with van der Waals surface area (Å²) in [5.41, 5.74) is 2.41. The predicted molar refractivity (Wildman–Crippen MR) is 115 cm³/mol. The first kappa shape index (κ1) is 20.6. The second-order valence-corrected chi connectivity index (χ2v) is 9.33. The number of benzene rings is 2. The van der Waals surface area contributed by atoms with E-state index in [1.54, 1.807) is 35.0 Å². The zero-order valence-electron chi connectivity index (χ0n) is 16.1. The van der Waals surface area contributed by atoms with Gasteiger partial charge in [0.05, 0.1) is 16.3 Å². The van der Waals surface area contributed by atoms with Crippen molar-refractivity contribution in [1.29, 1.82) is 0 Å². The molecule has 4 rings (SSSR count). The Labute approximate surface area is 179 Å². The highest BCUT2D eigenvalue weighted by Gasteiger charge is 2.22. The molecule has 0 spiro atoms. The molecule has 1 aromatic heterocycles. The van der Waals surface area contributed by atoms with Crippen molar-refractivity contribution in [2.75, 3.05) is 0 Å². The largest absolute Gasteiger partial charge is 0.348 e. The van der Waals surface area contributed by atoms with Crippen LogP contribution in [0.15, 0.2) is 59.5 Å². The van der Waals surface area contributed by atoms with E-state index < -0.39 is 10.0 Å². The lowest BCUT2D eigenvalue weighted by Gasteiger charge is -2.10. The van der Waals surface area contributed by atoms with Crippen LogP contribution < -0.4 is 10.5 Å². The number of halogens is 1. The van der Waals surface area contributed by atoms with Crippen molar-refractivity contribution in [3.8, 4) is 16.9 Å². The van der Waals surface area contributed by atoms with Gasteiger partial charge in [0, 0.05) is 16.6 Å². The normalized spacial score (nSPS) is 14.7. The van der Waals surface area contributed by atoms with E-state index in [1.807, 2.05) is 12.1 Å². The third-order valence-corrected chi connectivity index (χ3v) is 6.36. The molecule has 156 valence electrons. The summed E-state index contributed by atoms with van der Waals surface area (Å²) in [5, 5.41) is 13.3. The summed E-state index contributed by atoms with van der Waals surface area (Å²) < 4.78 is 24.7. The SMILES string of the molecule is NS(=O)(=O)c1ccc(-n2nc(C(=O)NC3CCCC3)cc2-c2ccc(Cl)cc2)cc1. The minimum Gasteiger partial charge on any atom is -0.348 e. The summed E-state index contributed by atoms with van der Waals surface area (Å²) in [6.07, 6.45) is 4.19. The van der Waals surface area contributed by atoms with Gasteiger partial charge in [0.1, 0.15) is 0 Å². The van der Waals surface area contributed by atoms with Crippen LogP contribution in [-0.2, 0) is 10.0 Å². The monoisotopic (exact) mass is 444 g/mol. The first-order valence-corrected chi connectivity index (χ1v) is 11.5. The van der Waals surface area contributed by atoms with E-state index >= 15 is 0 Å². The van der Waals surface area contributed by atoms with E-state index in [4.69, 9.17) is 16.7 Å². The first-order valence-electron chi connectivity index (χ1n) is 9.61. The molecular weight excluding hydrogens is 424 g/mol. The average Bonchev–Trinajstić information content (AvgIpc) is 3.38. The molecule has 0 unspecified atom stereocenters. The fraction of sp³-hybridized carbons (Fsp3) is 0.238. The van der Waals surface area contributed by atoms with Gasteiger partial charge in [-0.05, 0) is 55.3 Å². The first-order chi connectivity index (χ1) is 14.3. The molecule has 9 heteroatoms.